The van der Waals surface area contributed by atoms with Gasteiger partial charge in [0.15, 0.2) is 0 Å². The molecule has 1 unspecified atom stereocenters. The summed E-state index contributed by atoms with van der Waals surface area (Å²) in [5.74, 6) is -1.52. The Balaban J connectivity index is 2.43. The Bertz CT molecular complexity index is 1140. The Kier molecular flexibility index (Phi) is 9.73. The molecule has 0 heterocycles. The van der Waals surface area contributed by atoms with Crippen molar-refractivity contribution in [2.24, 2.45) is 5.92 Å². The van der Waals surface area contributed by atoms with Gasteiger partial charge in [-0.15, -0.1) is 0 Å². The number of hydrogen-bond donors (Lipinski definition) is 1. The van der Waals surface area contributed by atoms with Crippen molar-refractivity contribution in [3.63, 3.8) is 0 Å². The van der Waals surface area contributed by atoms with Crippen molar-refractivity contribution in [1.29, 1.82) is 0 Å². The fourth-order valence-electron chi connectivity index (χ4n) is 3.12. The van der Waals surface area contributed by atoms with Crippen LogP contribution in [0.1, 0.15) is 26.3 Å². The quantitative estimate of drug-likeness (QED) is 0.500. The molecule has 0 bridgehead atoms. The van der Waals surface area contributed by atoms with Gasteiger partial charge in [0.1, 0.15) is 18.4 Å². The number of halogens is 3. The zero-order valence-electron chi connectivity index (χ0n) is 19.4. The zero-order chi connectivity index (χ0) is 25.6. The topological polar surface area (TPSA) is 86.8 Å². The van der Waals surface area contributed by atoms with Gasteiger partial charge in [-0.05, 0) is 37.1 Å². The molecule has 7 nitrogen and oxygen atoms in total. The molecule has 186 valence electrons. The number of amides is 2. The van der Waals surface area contributed by atoms with E-state index in [-0.39, 0.29) is 33.8 Å². The van der Waals surface area contributed by atoms with Gasteiger partial charge in [0, 0.05) is 23.7 Å². The van der Waals surface area contributed by atoms with Gasteiger partial charge in [0.25, 0.3) is 0 Å². The third kappa shape index (κ3) is 7.58. The Labute approximate surface area is 209 Å². The number of sulfonamides is 1. The number of anilines is 1. The summed E-state index contributed by atoms with van der Waals surface area (Å²) in [6, 6.07) is 9.10. The van der Waals surface area contributed by atoms with E-state index in [1.54, 1.807) is 6.07 Å². The molecule has 2 rings (SSSR count). The highest BCUT2D eigenvalue weighted by Gasteiger charge is 2.31. The predicted molar refractivity (Wildman–Crippen MR) is 133 cm³/mol. The maximum Gasteiger partial charge on any atom is 0.244 e. The van der Waals surface area contributed by atoms with Crippen LogP contribution in [0.2, 0.25) is 10.0 Å². The lowest BCUT2D eigenvalue weighted by Gasteiger charge is -2.32. The average Bonchev–Trinajstić information content (AvgIpc) is 2.75. The van der Waals surface area contributed by atoms with Crippen LogP contribution in [0.5, 0.6) is 0 Å². The highest BCUT2D eigenvalue weighted by atomic mass is 35.5. The van der Waals surface area contributed by atoms with Gasteiger partial charge in [-0.25, -0.2) is 12.8 Å². The SMILES string of the molecule is CC(C)CNC(=O)C(C)N(Cc1ccccc1F)C(=O)CN(c1cc(Cl)ccc1Cl)S(C)(=O)=O. The summed E-state index contributed by atoms with van der Waals surface area (Å²) in [5, 5.41) is 3.05. The molecular formula is C23H28Cl2FN3O4S. The van der Waals surface area contributed by atoms with Crippen LogP contribution in [0.15, 0.2) is 42.5 Å². The molecule has 2 aromatic rings. The van der Waals surface area contributed by atoms with E-state index in [0.717, 1.165) is 15.5 Å². The molecule has 0 saturated heterocycles. The molecule has 2 aromatic carbocycles. The fraction of sp³-hybridized carbons (Fsp3) is 0.391. The summed E-state index contributed by atoms with van der Waals surface area (Å²) < 4.78 is 40.3. The largest absolute Gasteiger partial charge is 0.354 e. The van der Waals surface area contributed by atoms with Gasteiger partial charge in [-0.1, -0.05) is 55.2 Å². The Morgan fingerprint density at radius 2 is 1.74 bits per heavy atom. The minimum atomic E-state index is -3.97. The van der Waals surface area contributed by atoms with Crippen LogP contribution in [0.4, 0.5) is 10.1 Å². The monoisotopic (exact) mass is 531 g/mol. The molecule has 11 heteroatoms. The first-order chi connectivity index (χ1) is 15.8. The third-order valence-electron chi connectivity index (χ3n) is 5.01. The molecular weight excluding hydrogens is 504 g/mol. The molecule has 34 heavy (non-hydrogen) atoms. The van der Waals surface area contributed by atoms with Gasteiger partial charge in [0.2, 0.25) is 21.8 Å². The van der Waals surface area contributed by atoms with Crippen LogP contribution < -0.4 is 9.62 Å². The van der Waals surface area contributed by atoms with E-state index in [9.17, 15) is 22.4 Å². The van der Waals surface area contributed by atoms with E-state index in [2.05, 4.69) is 5.32 Å². The van der Waals surface area contributed by atoms with E-state index >= 15 is 0 Å². The third-order valence-corrected chi connectivity index (χ3v) is 6.69. The van der Waals surface area contributed by atoms with Crippen LogP contribution in [0.25, 0.3) is 0 Å². The summed E-state index contributed by atoms with van der Waals surface area (Å²) in [6.07, 6.45) is 0.928. The Morgan fingerprint density at radius 3 is 2.32 bits per heavy atom. The van der Waals surface area contributed by atoms with Crippen LogP contribution in [0.3, 0.4) is 0 Å². The molecule has 1 N–H and O–H groups in total. The minimum Gasteiger partial charge on any atom is -0.354 e. The van der Waals surface area contributed by atoms with E-state index in [4.69, 9.17) is 23.2 Å². The number of rotatable bonds is 10. The van der Waals surface area contributed by atoms with Crippen LogP contribution in [-0.4, -0.2) is 50.5 Å². The molecule has 0 spiro atoms. The lowest BCUT2D eigenvalue weighted by Crippen LogP contribution is -2.51. The average molecular weight is 532 g/mol. The maximum absolute atomic E-state index is 14.4. The first-order valence-corrected chi connectivity index (χ1v) is 13.1. The molecule has 0 aromatic heterocycles. The molecule has 0 fully saturated rings. The number of nitrogens with one attached hydrogen (secondary N) is 1. The van der Waals surface area contributed by atoms with Gasteiger partial charge in [0.05, 0.1) is 17.0 Å². The number of benzene rings is 2. The number of carbonyl (C=O) groups excluding carboxylic acids is 2. The van der Waals surface area contributed by atoms with Gasteiger partial charge >= 0.3 is 0 Å². The first kappa shape index (κ1) is 27.9. The second-order valence-corrected chi connectivity index (χ2v) is 11.0. The van der Waals surface area contributed by atoms with Crippen molar-refractivity contribution in [3.05, 3.63) is 63.9 Å². The molecule has 0 aliphatic rings. The molecule has 0 saturated carbocycles. The summed E-state index contributed by atoms with van der Waals surface area (Å²) in [7, 11) is -3.97. The number of carbonyl (C=O) groups is 2. The van der Waals surface area contributed by atoms with E-state index in [1.165, 1.54) is 43.3 Å². The Morgan fingerprint density at radius 1 is 1.09 bits per heavy atom. The highest BCUT2D eigenvalue weighted by molar-refractivity contribution is 7.92. The summed E-state index contributed by atoms with van der Waals surface area (Å²) in [5.41, 5.74) is 0.207. The van der Waals surface area contributed by atoms with Crippen LogP contribution >= 0.6 is 23.2 Å². The number of hydrogen-bond acceptors (Lipinski definition) is 4. The normalized spacial score (nSPS) is 12.4. The molecule has 0 aliphatic carbocycles. The lowest BCUT2D eigenvalue weighted by molar-refractivity contribution is -0.139. The number of nitrogens with zero attached hydrogens (tertiary/aromatic N) is 2. The second-order valence-electron chi connectivity index (χ2n) is 8.29. The van der Waals surface area contributed by atoms with Crippen molar-refractivity contribution in [1.82, 2.24) is 10.2 Å². The molecule has 0 aliphatic heterocycles. The van der Waals surface area contributed by atoms with Crippen molar-refractivity contribution < 1.29 is 22.4 Å². The summed E-state index contributed by atoms with van der Waals surface area (Å²) in [6.45, 7) is 4.85. The lowest BCUT2D eigenvalue weighted by atomic mass is 10.1. The smallest absolute Gasteiger partial charge is 0.244 e. The van der Waals surface area contributed by atoms with Crippen molar-refractivity contribution in [2.45, 2.75) is 33.4 Å². The van der Waals surface area contributed by atoms with Gasteiger partial charge in [-0.3, -0.25) is 13.9 Å². The van der Waals surface area contributed by atoms with E-state index < -0.39 is 40.2 Å². The molecule has 2 amide bonds. The van der Waals surface area contributed by atoms with Crippen molar-refractivity contribution in [3.8, 4) is 0 Å². The maximum atomic E-state index is 14.4. The van der Waals surface area contributed by atoms with Crippen molar-refractivity contribution in [2.75, 3.05) is 23.7 Å². The second kappa shape index (κ2) is 11.9. The van der Waals surface area contributed by atoms with E-state index in [1.807, 2.05) is 13.8 Å². The van der Waals surface area contributed by atoms with E-state index in [0.29, 0.717) is 6.54 Å². The van der Waals surface area contributed by atoms with Gasteiger partial charge < -0.3 is 10.2 Å². The summed E-state index contributed by atoms with van der Waals surface area (Å²) in [4.78, 5) is 27.3. The Hall–Kier alpha value is -2.36. The zero-order valence-corrected chi connectivity index (χ0v) is 21.7. The standard InChI is InChI=1S/C23H28Cl2FN3O4S/c1-15(2)12-27-23(31)16(3)28(13-17-7-5-6-8-20(17)26)22(30)14-29(34(4,32)33)21-11-18(24)9-10-19(21)25/h5-11,15-16H,12-14H2,1-4H3,(H,27,31). The summed E-state index contributed by atoms with van der Waals surface area (Å²) >= 11 is 12.2. The highest BCUT2D eigenvalue weighted by Crippen LogP contribution is 2.31. The van der Waals surface area contributed by atoms with Crippen LogP contribution in [-0.2, 0) is 26.2 Å². The molecule has 1 atom stereocenters. The minimum absolute atomic E-state index is 0.0211. The fourth-order valence-corrected chi connectivity index (χ4v) is 4.41. The van der Waals surface area contributed by atoms with Gasteiger partial charge in [-0.2, -0.15) is 0 Å². The van der Waals surface area contributed by atoms with Crippen molar-refractivity contribution >= 4 is 50.7 Å². The predicted octanol–water partition coefficient (Wildman–Crippen LogP) is 4.09. The van der Waals surface area contributed by atoms with Crippen LogP contribution in [0, 0.1) is 11.7 Å². The first-order valence-electron chi connectivity index (χ1n) is 10.5. The molecule has 0 radical (unpaired) electrons.